The van der Waals surface area contributed by atoms with Crippen LogP contribution in [0.2, 0.25) is 0 Å². The molecule has 0 bridgehead atoms. The minimum atomic E-state index is -1.02. The fraction of sp³-hybridized carbons (Fsp3) is 0.467. The fourth-order valence-electron chi connectivity index (χ4n) is 1.67. The Hall–Kier alpha value is -1.66. The van der Waals surface area contributed by atoms with Gasteiger partial charge >= 0.3 is 0 Å². The molecule has 0 fully saturated rings. The molecule has 2 aromatic heterocycles. The Labute approximate surface area is 128 Å². The number of carbonyl (C=O) groups excluding carboxylic acids is 1. The Kier molecular flexibility index (Phi) is 3.95. The van der Waals surface area contributed by atoms with Crippen LogP contribution in [0.3, 0.4) is 0 Å². The summed E-state index contributed by atoms with van der Waals surface area (Å²) in [6, 6.07) is 1.77. The van der Waals surface area contributed by atoms with E-state index >= 15 is 0 Å². The Balaban J connectivity index is 2.17. The van der Waals surface area contributed by atoms with Gasteiger partial charge in [0.2, 0.25) is 0 Å². The van der Waals surface area contributed by atoms with Crippen LogP contribution in [0.4, 0.5) is 0 Å². The van der Waals surface area contributed by atoms with Gasteiger partial charge in [-0.25, -0.2) is 4.98 Å². The second kappa shape index (κ2) is 5.27. The van der Waals surface area contributed by atoms with E-state index in [0.717, 1.165) is 16.3 Å². The van der Waals surface area contributed by atoms with Crippen LogP contribution in [0.5, 0.6) is 0 Å². The van der Waals surface area contributed by atoms with Crippen molar-refractivity contribution in [1.82, 2.24) is 15.3 Å². The molecule has 0 atom stereocenters. The molecule has 5 nitrogen and oxygen atoms in total. The van der Waals surface area contributed by atoms with E-state index in [1.54, 1.807) is 51.3 Å². The highest BCUT2D eigenvalue weighted by Crippen LogP contribution is 2.24. The normalized spacial score (nSPS) is 12.5. The van der Waals surface area contributed by atoms with Crippen molar-refractivity contribution in [2.45, 2.75) is 45.8 Å². The number of nitrogens with zero attached hydrogens (tertiary/aromatic N) is 1. The van der Waals surface area contributed by atoms with Gasteiger partial charge in [0.15, 0.2) is 0 Å². The summed E-state index contributed by atoms with van der Waals surface area (Å²) in [5.74, 6) is -0.250. The molecule has 2 heterocycles. The van der Waals surface area contributed by atoms with E-state index in [1.807, 2.05) is 12.3 Å². The molecule has 0 aliphatic heterocycles. The zero-order valence-corrected chi connectivity index (χ0v) is 13.8. The smallest absolute Gasteiger partial charge is 0.268 e. The van der Waals surface area contributed by atoms with E-state index in [9.17, 15) is 9.90 Å². The van der Waals surface area contributed by atoms with Crippen LogP contribution in [-0.2, 0) is 0 Å². The molecule has 3 N–H and O–H groups in total. The van der Waals surface area contributed by atoms with Crippen molar-refractivity contribution in [2.24, 2.45) is 0 Å². The third kappa shape index (κ3) is 3.33. The first-order chi connectivity index (χ1) is 9.60. The summed E-state index contributed by atoms with van der Waals surface area (Å²) in [5.41, 5.74) is 0.421. The van der Waals surface area contributed by atoms with E-state index in [2.05, 4.69) is 15.3 Å². The monoisotopic (exact) mass is 307 g/mol. The van der Waals surface area contributed by atoms with Crippen LogP contribution in [0.1, 0.15) is 43.2 Å². The number of hydrogen-bond acceptors (Lipinski definition) is 4. The van der Waals surface area contributed by atoms with Crippen molar-refractivity contribution in [3.8, 4) is 11.3 Å². The molecule has 0 aromatic carbocycles. The molecule has 2 rings (SSSR count). The first kappa shape index (κ1) is 15.7. The van der Waals surface area contributed by atoms with Crippen molar-refractivity contribution in [3.05, 3.63) is 28.3 Å². The van der Waals surface area contributed by atoms with Crippen molar-refractivity contribution < 1.29 is 9.90 Å². The van der Waals surface area contributed by atoms with Crippen molar-refractivity contribution in [2.75, 3.05) is 0 Å². The first-order valence-electron chi connectivity index (χ1n) is 6.76. The summed E-state index contributed by atoms with van der Waals surface area (Å²) < 4.78 is 0. The Morgan fingerprint density at radius 3 is 2.57 bits per heavy atom. The number of aryl methyl sites for hydroxylation is 1. The molecule has 0 saturated heterocycles. The average molecular weight is 307 g/mol. The van der Waals surface area contributed by atoms with Crippen LogP contribution in [0.15, 0.2) is 17.6 Å². The maximum atomic E-state index is 12.3. The molecule has 21 heavy (non-hydrogen) atoms. The lowest BCUT2D eigenvalue weighted by Gasteiger charge is -2.37. The van der Waals surface area contributed by atoms with E-state index in [-0.39, 0.29) is 5.91 Å². The number of carbonyl (C=O) groups is 1. The Bertz CT molecular complexity index is 650. The lowest BCUT2D eigenvalue weighted by molar-refractivity contribution is -0.00301. The van der Waals surface area contributed by atoms with Gasteiger partial charge in [-0.1, -0.05) is 0 Å². The number of aromatic nitrogens is 2. The number of aromatic amines is 1. The molecule has 0 saturated carbocycles. The molecular formula is C15H21N3O2S. The van der Waals surface area contributed by atoms with Gasteiger partial charge in [-0.2, -0.15) is 0 Å². The number of nitrogens with one attached hydrogen (secondary N) is 2. The average Bonchev–Trinajstić information content (AvgIpc) is 2.94. The van der Waals surface area contributed by atoms with E-state index in [4.69, 9.17) is 0 Å². The van der Waals surface area contributed by atoms with Gasteiger partial charge in [0.05, 0.1) is 21.8 Å². The molecule has 0 aliphatic carbocycles. The highest BCUT2D eigenvalue weighted by molar-refractivity contribution is 7.09. The molecule has 0 spiro atoms. The number of H-pyrrole nitrogens is 1. The third-order valence-electron chi connectivity index (χ3n) is 3.80. The van der Waals surface area contributed by atoms with Crippen LogP contribution >= 0.6 is 11.3 Å². The molecule has 1 amide bonds. The van der Waals surface area contributed by atoms with E-state index in [0.29, 0.717) is 5.69 Å². The second-order valence-corrected chi connectivity index (χ2v) is 7.25. The Morgan fingerprint density at radius 2 is 2.05 bits per heavy atom. The van der Waals surface area contributed by atoms with Crippen molar-refractivity contribution in [3.63, 3.8) is 0 Å². The maximum Gasteiger partial charge on any atom is 0.268 e. The van der Waals surface area contributed by atoms with Gasteiger partial charge in [0.1, 0.15) is 5.69 Å². The third-order valence-corrected chi connectivity index (χ3v) is 4.57. The van der Waals surface area contributed by atoms with Crippen LogP contribution < -0.4 is 5.32 Å². The summed E-state index contributed by atoms with van der Waals surface area (Å²) in [4.78, 5) is 19.6. The summed E-state index contributed by atoms with van der Waals surface area (Å²) >= 11 is 1.57. The summed E-state index contributed by atoms with van der Waals surface area (Å²) in [5, 5.41) is 15.9. The minimum absolute atomic E-state index is 0.250. The van der Waals surface area contributed by atoms with Gasteiger partial charge < -0.3 is 15.4 Å². The lowest BCUT2D eigenvalue weighted by atomic mass is 9.86. The number of rotatable bonds is 4. The van der Waals surface area contributed by atoms with Gasteiger partial charge in [-0.15, -0.1) is 11.3 Å². The van der Waals surface area contributed by atoms with E-state index < -0.39 is 11.1 Å². The molecule has 2 aromatic rings. The van der Waals surface area contributed by atoms with Crippen molar-refractivity contribution >= 4 is 17.2 Å². The predicted molar refractivity (Wildman–Crippen MR) is 84.5 cm³/mol. The summed E-state index contributed by atoms with van der Waals surface area (Å²) in [7, 11) is 0. The molecule has 0 radical (unpaired) electrons. The fourth-order valence-corrected chi connectivity index (χ4v) is 2.30. The van der Waals surface area contributed by atoms with Gasteiger partial charge in [0.25, 0.3) is 5.91 Å². The van der Waals surface area contributed by atoms with E-state index in [1.165, 1.54) is 0 Å². The van der Waals surface area contributed by atoms with Gasteiger partial charge in [-0.3, -0.25) is 4.79 Å². The summed E-state index contributed by atoms with van der Waals surface area (Å²) in [6.07, 6.45) is 1.76. The molecule has 114 valence electrons. The highest BCUT2D eigenvalue weighted by Gasteiger charge is 2.36. The summed E-state index contributed by atoms with van der Waals surface area (Å²) in [6.45, 7) is 8.87. The van der Waals surface area contributed by atoms with Gasteiger partial charge in [-0.05, 0) is 40.7 Å². The predicted octanol–water partition coefficient (Wildman–Crippen LogP) is 2.73. The number of thiazole rings is 1. The molecule has 0 unspecified atom stereocenters. The van der Waals surface area contributed by atoms with Crippen LogP contribution in [0.25, 0.3) is 11.3 Å². The lowest BCUT2D eigenvalue weighted by Crippen LogP contribution is -2.57. The molecular weight excluding hydrogens is 286 g/mol. The van der Waals surface area contributed by atoms with Crippen LogP contribution in [-0.4, -0.2) is 32.1 Å². The Morgan fingerprint density at radius 1 is 1.38 bits per heavy atom. The number of hydrogen-bond donors (Lipinski definition) is 3. The standard InChI is InChI=1S/C15H21N3O2S/c1-9-17-12(8-21-9)10-6-11(16-7-10)13(19)18-14(2,3)15(4,5)20/h6-8,16,20H,1-5H3,(H,18,19). The topological polar surface area (TPSA) is 78.0 Å². The maximum absolute atomic E-state index is 12.3. The van der Waals surface area contributed by atoms with Gasteiger partial charge in [0, 0.05) is 17.1 Å². The molecule has 0 aliphatic rings. The minimum Gasteiger partial charge on any atom is -0.388 e. The second-order valence-electron chi connectivity index (χ2n) is 6.19. The first-order valence-corrected chi connectivity index (χ1v) is 7.64. The zero-order chi connectivity index (χ0) is 15.8. The highest BCUT2D eigenvalue weighted by atomic mass is 32.1. The van der Waals surface area contributed by atoms with Crippen molar-refractivity contribution in [1.29, 1.82) is 0 Å². The number of amides is 1. The SMILES string of the molecule is Cc1nc(-c2c[nH]c(C(=O)NC(C)(C)C(C)(C)O)c2)cs1. The van der Waals surface area contributed by atoms with Crippen LogP contribution in [0, 0.1) is 6.92 Å². The zero-order valence-electron chi connectivity index (χ0n) is 12.9. The quantitative estimate of drug-likeness (QED) is 0.812. The molecule has 6 heteroatoms. The number of aliphatic hydroxyl groups is 1. The largest absolute Gasteiger partial charge is 0.388 e.